The topological polar surface area (TPSA) is 88.8 Å². The van der Waals surface area contributed by atoms with Crippen molar-refractivity contribution in [3.63, 3.8) is 0 Å². The van der Waals surface area contributed by atoms with Crippen LogP contribution in [0.25, 0.3) is 0 Å². The number of aromatic nitrogens is 2. The molecule has 1 heterocycles. The molecule has 58 valence electrons. The number of hydrogen-bond acceptors (Lipinski definition) is 3. The van der Waals surface area contributed by atoms with Crippen molar-refractivity contribution in [2.24, 2.45) is 5.73 Å². The van der Waals surface area contributed by atoms with E-state index in [-0.39, 0.29) is 29.6 Å². The minimum absolute atomic E-state index is 0. The number of primary amides is 1. The molecule has 0 spiro atoms. The van der Waals surface area contributed by atoms with Gasteiger partial charge in [0, 0.05) is 0 Å². The predicted octanol–water partition coefficient (Wildman–Crippen LogP) is -3.99. The Bertz CT molecular complexity index is 351. The monoisotopic (exact) mass is 180 g/mol. The van der Waals surface area contributed by atoms with Crippen LogP contribution in [0, 0.1) is 5.95 Å². The molecule has 0 fully saturated rings. The normalized spacial score (nSPS) is 8.75. The van der Waals surface area contributed by atoms with Gasteiger partial charge in [0.2, 0.25) is 5.95 Å². The van der Waals surface area contributed by atoms with Crippen LogP contribution in [0.15, 0.2) is 11.0 Å². The van der Waals surface area contributed by atoms with Crippen molar-refractivity contribution in [1.82, 2.24) is 9.97 Å². The van der Waals surface area contributed by atoms with Crippen LogP contribution in [0.4, 0.5) is 4.39 Å². The third-order valence-corrected chi connectivity index (χ3v) is 0.989. The van der Waals surface area contributed by atoms with Crippen molar-refractivity contribution in [1.29, 1.82) is 0 Å². The number of aromatic amines is 1. The van der Waals surface area contributed by atoms with Gasteiger partial charge in [-0.25, -0.2) is 4.98 Å². The molecule has 1 aromatic rings. The molecule has 0 unspecified atom stereocenters. The summed E-state index contributed by atoms with van der Waals surface area (Å²) in [4.78, 5) is 25.9. The average molecular weight is 180 g/mol. The Morgan fingerprint density at radius 1 is 1.67 bits per heavy atom. The van der Waals surface area contributed by atoms with Crippen LogP contribution in [-0.2, 0) is 0 Å². The number of halogens is 1. The van der Waals surface area contributed by atoms with E-state index in [1.165, 1.54) is 0 Å². The van der Waals surface area contributed by atoms with Crippen molar-refractivity contribution in [3.05, 3.63) is 28.2 Å². The quantitative estimate of drug-likeness (QED) is 0.432. The van der Waals surface area contributed by atoms with Gasteiger partial charge in [0.1, 0.15) is 0 Å². The van der Waals surface area contributed by atoms with Crippen molar-refractivity contribution in [2.75, 3.05) is 0 Å². The van der Waals surface area contributed by atoms with Crippen molar-refractivity contribution >= 4 is 5.91 Å². The van der Waals surface area contributed by atoms with Gasteiger partial charge in [-0.15, -0.1) is 0 Å². The summed E-state index contributed by atoms with van der Waals surface area (Å²) >= 11 is 0. The molecule has 5 nitrogen and oxygen atoms in total. The Kier molecular flexibility index (Phi) is 4.08. The number of carbonyl (C=O) groups excluding carboxylic acids is 1. The first-order chi connectivity index (χ1) is 5.11. The zero-order chi connectivity index (χ0) is 8.43. The Morgan fingerprint density at radius 2 is 2.25 bits per heavy atom. The number of amides is 1. The SMILES string of the molecule is NC(=O)c1nc(F)c[nH]c1=O.[Na+]. The molecule has 0 saturated carbocycles. The van der Waals surface area contributed by atoms with Crippen molar-refractivity contribution < 1.29 is 38.7 Å². The number of rotatable bonds is 1. The summed E-state index contributed by atoms with van der Waals surface area (Å²) in [7, 11) is 0. The summed E-state index contributed by atoms with van der Waals surface area (Å²) < 4.78 is 12.2. The third-order valence-electron chi connectivity index (χ3n) is 0.989. The van der Waals surface area contributed by atoms with E-state index in [1.54, 1.807) is 0 Å². The van der Waals surface area contributed by atoms with Gasteiger partial charge < -0.3 is 10.7 Å². The second kappa shape index (κ2) is 4.34. The Hall–Kier alpha value is -0.720. The number of nitrogens with one attached hydrogen (secondary N) is 1. The fourth-order valence-corrected chi connectivity index (χ4v) is 0.550. The molecule has 0 aliphatic carbocycles. The van der Waals surface area contributed by atoms with E-state index in [2.05, 4.69) is 4.98 Å². The first kappa shape index (κ1) is 11.3. The summed E-state index contributed by atoms with van der Waals surface area (Å²) in [5.74, 6) is -2.00. The van der Waals surface area contributed by atoms with Crippen LogP contribution in [0.3, 0.4) is 0 Å². The predicted molar refractivity (Wildman–Crippen MR) is 33.3 cm³/mol. The van der Waals surface area contributed by atoms with E-state index in [1.807, 2.05) is 4.98 Å². The average Bonchev–Trinajstić information content (AvgIpc) is 1.94. The van der Waals surface area contributed by atoms with Crippen LogP contribution in [0.1, 0.15) is 10.5 Å². The van der Waals surface area contributed by atoms with Crippen molar-refractivity contribution in [3.8, 4) is 0 Å². The Labute approximate surface area is 88.5 Å². The van der Waals surface area contributed by atoms with Gasteiger partial charge >= 0.3 is 29.6 Å². The van der Waals surface area contributed by atoms with Crippen LogP contribution in [0.5, 0.6) is 0 Å². The number of H-pyrrole nitrogens is 1. The smallest absolute Gasteiger partial charge is 0.364 e. The Balaban J connectivity index is 0.00000121. The standard InChI is InChI=1S/C5H4FN3O2.Na/c6-2-1-8-5(11)3(9-2)4(7)10;/h1H,(H2,7,10)(H,8,11);/q;+1. The van der Waals surface area contributed by atoms with E-state index in [9.17, 15) is 14.0 Å². The molecule has 1 amide bonds. The number of hydrogen-bond donors (Lipinski definition) is 2. The summed E-state index contributed by atoms with van der Waals surface area (Å²) in [6.07, 6.45) is 0.745. The number of nitrogens with two attached hydrogens (primary N) is 1. The van der Waals surface area contributed by atoms with Gasteiger partial charge in [-0.1, -0.05) is 0 Å². The van der Waals surface area contributed by atoms with Crippen LogP contribution >= 0.6 is 0 Å². The first-order valence-corrected chi connectivity index (χ1v) is 2.66. The molecule has 1 aromatic heterocycles. The zero-order valence-corrected chi connectivity index (χ0v) is 8.30. The minimum Gasteiger partial charge on any atom is -0.364 e. The molecular formula is C5H4FN3NaO2+. The van der Waals surface area contributed by atoms with Gasteiger partial charge in [0.25, 0.3) is 11.5 Å². The molecule has 0 radical (unpaired) electrons. The second-order valence-corrected chi connectivity index (χ2v) is 1.77. The van der Waals surface area contributed by atoms with Gasteiger partial charge in [-0.2, -0.15) is 4.39 Å². The molecule has 0 aromatic carbocycles. The van der Waals surface area contributed by atoms with Crippen molar-refractivity contribution in [2.45, 2.75) is 0 Å². The summed E-state index contributed by atoms with van der Waals surface area (Å²) in [5.41, 5.74) is 3.28. The van der Waals surface area contributed by atoms with Gasteiger partial charge in [-0.3, -0.25) is 9.59 Å². The molecule has 1 rings (SSSR count). The maximum atomic E-state index is 12.2. The summed E-state index contributed by atoms with van der Waals surface area (Å²) in [5, 5.41) is 0. The number of carbonyl (C=O) groups is 1. The van der Waals surface area contributed by atoms with E-state index in [0.717, 1.165) is 6.20 Å². The van der Waals surface area contributed by atoms with Crippen LogP contribution in [0.2, 0.25) is 0 Å². The maximum absolute atomic E-state index is 12.2. The molecule has 0 aliphatic rings. The largest absolute Gasteiger partial charge is 1.00 e. The molecule has 7 heteroatoms. The van der Waals surface area contributed by atoms with Gasteiger partial charge in [0.05, 0.1) is 6.20 Å². The molecule has 0 saturated heterocycles. The summed E-state index contributed by atoms with van der Waals surface area (Å²) in [6.45, 7) is 0. The maximum Gasteiger partial charge on any atom is 1.00 e. The Morgan fingerprint density at radius 3 is 2.67 bits per heavy atom. The van der Waals surface area contributed by atoms with E-state index >= 15 is 0 Å². The summed E-state index contributed by atoms with van der Waals surface area (Å²) in [6, 6.07) is 0. The molecule has 12 heavy (non-hydrogen) atoms. The fourth-order valence-electron chi connectivity index (χ4n) is 0.550. The second-order valence-electron chi connectivity index (χ2n) is 1.77. The van der Waals surface area contributed by atoms with Crippen LogP contribution in [-0.4, -0.2) is 15.9 Å². The molecular weight excluding hydrogens is 176 g/mol. The number of nitrogens with zero attached hydrogens (tertiary/aromatic N) is 1. The molecule has 0 bridgehead atoms. The third kappa shape index (κ3) is 2.40. The molecule has 0 aliphatic heterocycles. The van der Waals surface area contributed by atoms with E-state index in [4.69, 9.17) is 5.73 Å². The molecule has 0 atom stereocenters. The minimum atomic E-state index is -1.05. The van der Waals surface area contributed by atoms with E-state index in [0.29, 0.717) is 0 Å². The van der Waals surface area contributed by atoms with Gasteiger partial charge in [-0.05, 0) is 0 Å². The zero-order valence-electron chi connectivity index (χ0n) is 6.30. The first-order valence-electron chi connectivity index (χ1n) is 2.66. The van der Waals surface area contributed by atoms with Gasteiger partial charge in [0.15, 0.2) is 5.69 Å². The molecule has 3 N–H and O–H groups in total. The van der Waals surface area contributed by atoms with E-state index < -0.39 is 23.1 Å². The van der Waals surface area contributed by atoms with Crippen LogP contribution < -0.4 is 40.9 Å². The fraction of sp³-hybridized carbons (Fsp3) is 0.